The summed E-state index contributed by atoms with van der Waals surface area (Å²) in [7, 11) is 0. The van der Waals surface area contributed by atoms with Crippen molar-refractivity contribution in [1.29, 1.82) is 0 Å². The van der Waals surface area contributed by atoms with Crippen LogP contribution in [0.15, 0.2) is 91.7 Å². The Morgan fingerprint density at radius 2 is 1.91 bits per heavy atom. The number of hydrogen-bond acceptors (Lipinski definition) is 4. The molecule has 5 rings (SSSR count). The third-order valence-corrected chi connectivity index (χ3v) is 5.72. The zero-order chi connectivity index (χ0) is 24.2. The van der Waals surface area contributed by atoms with Crippen LogP contribution in [0.2, 0.25) is 5.02 Å². The van der Waals surface area contributed by atoms with Crippen molar-refractivity contribution in [2.45, 2.75) is 6.54 Å². The van der Waals surface area contributed by atoms with E-state index in [0.29, 0.717) is 17.4 Å². The van der Waals surface area contributed by atoms with Gasteiger partial charge in [0.1, 0.15) is 11.6 Å². The van der Waals surface area contributed by atoms with E-state index in [2.05, 4.69) is 20.3 Å². The van der Waals surface area contributed by atoms with Crippen molar-refractivity contribution >= 4 is 40.4 Å². The molecule has 0 bridgehead atoms. The molecule has 3 heterocycles. The average molecular weight is 484 g/mol. The molecule has 5 aromatic rings. The number of pyridine rings is 2. The van der Waals surface area contributed by atoms with Crippen molar-refractivity contribution < 1.29 is 9.18 Å². The molecule has 3 aromatic heterocycles. The zero-order valence-corrected chi connectivity index (χ0v) is 19.2. The largest absolute Gasteiger partial charge is 0.326 e. The number of aromatic nitrogens is 4. The Bertz CT molecular complexity index is 1550. The predicted octanol–water partition coefficient (Wildman–Crippen LogP) is 5.99. The summed E-state index contributed by atoms with van der Waals surface area (Å²) in [6.45, 7) is 0.479. The van der Waals surface area contributed by atoms with E-state index in [9.17, 15) is 9.18 Å². The topological polar surface area (TPSA) is 72.7 Å². The number of carbonyl (C=O) groups excluding carboxylic acids is 1. The van der Waals surface area contributed by atoms with Crippen LogP contribution in [0.4, 0.5) is 10.2 Å². The predicted molar refractivity (Wildman–Crippen MR) is 135 cm³/mol. The van der Waals surface area contributed by atoms with Crippen molar-refractivity contribution in [1.82, 2.24) is 19.5 Å². The summed E-state index contributed by atoms with van der Waals surface area (Å²) in [6, 6.07) is 17.6. The molecule has 0 aliphatic carbocycles. The molecular formula is C27H19ClFN5O. The van der Waals surface area contributed by atoms with Crippen LogP contribution in [0, 0.1) is 5.82 Å². The monoisotopic (exact) mass is 483 g/mol. The summed E-state index contributed by atoms with van der Waals surface area (Å²) >= 11 is 6.46. The van der Waals surface area contributed by atoms with E-state index in [1.807, 2.05) is 28.8 Å². The Morgan fingerprint density at radius 1 is 1.06 bits per heavy atom. The summed E-state index contributed by atoms with van der Waals surface area (Å²) in [5, 5.41) is 3.22. The molecule has 0 saturated carbocycles. The second-order valence-electron chi connectivity index (χ2n) is 7.86. The highest BCUT2D eigenvalue weighted by atomic mass is 35.5. The van der Waals surface area contributed by atoms with Gasteiger partial charge in [0.05, 0.1) is 22.4 Å². The molecule has 0 aliphatic heterocycles. The van der Waals surface area contributed by atoms with Gasteiger partial charge in [0, 0.05) is 36.8 Å². The highest BCUT2D eigenvalue weighted by Crippen LogP contribution is 2.31. The van der Waals surface area contributed by atoms with E-state index in [-0.39, 0.29) is 11.7 Å². The molecule has 0 spiro atoms. The molecule has 1 N–H and O–H groups in total. The number of carbonyl (C=O) groups is 1. The van der Waals surface area contributed by atoms with Crippen LogP contribution in [-0.2, 0) is 11.3 Å². The molecule has 172 valence electrons. The Hall–Kier alpha value is -4.36. The van der Waals surface area contributed by atoms with Crippen molar-refractivity contribution in [3.05, 3.63) is 114 Å². The molecule has 35 heavy (non-hydrogen) atoms. The third-order valence-electron chi connectivity index (χ3n) is 5.41. The number of fused-ring (bicyclic) bond motifs is 1. The van der Waals surface area contributed by atoms with Gasteiger partial charge < -0.3 is 9.88 Å². The lowest BCUT2D eigenvalue weighted by atomic mass is 10.1. The van der Waals surface area contributed by atoms with E-state index >= 15 is 0 Å². The maximum atomic E-state index is 13.6. The van der Waals surface area contributed by atoms with Gasteiger partial charge in [-0.2, -0.15) is 0 Å². The Kier molecular flexibility index (Phi) is 6.32. The molecule has 6 nitrogen and oxygen atoms in total. The van der Waals surface area contributed by atoms with Gasteiger partial charge in [-0.1, -0.05) is 29.8 Å². The molecule has 2 aromatic carbocycles. The normalized spacial score (nSPS) is 11.3. The summed E-state index contributed by atoms with van der Waals surface area (Å²) < 4.78 is 15.6. The van der Waals surface area contributed by atoms with Gasteiger partial charge in [-0.05, 0) is 65.2 Å². The summed E-state index contributed by atoms with van der Waals surface area (Å²) in [5.74, 6) is -0.213. The molecule has 0 atom stereocenters. The van der Waals surface area contributed by atoms with Crippen molar-refractivity contribution in [2.75, 3.05) is 5.32 Å². The summed E-state index contributed by atoms with van der Waals surface area (Å²) in [5.41, 5.74) is 4.95. The molecule has 0 aliphatic rings. The number of imidazole rings is 1. The molecular weight excluding hydrogens is 465 g/mol. The minimum absolute atomic E-state index is 0.277. The van der Waals surface area contributed by atoms with Crippen molar-refractivity contribution in [3.8, 4) is 11.1 Å². The molecule has 1 amide bonds. The van der Waals surface area contributed by atoms with Crippen LogP contribution >= 0.6 is 11.6 Å². The first-order chi connectivity index (χ1) is 17.0. The fourth-order valence-corrected chi connectivity index (χ4v) is 3.94. The Labute approximate surface area is 205 Å². The van der Waals surface area contributed by atoms with Crippen molar-refractivity contribution in [2.24, 2.45) is 0 Å². The smallest absolute Gasteiger partial charge is 0.249 e. The average Bonchev–Trinajstić information content (AvgIpc) is 3.26. The van der Waals surface area contributed by atoms with Crippen LogP contribution in [0.5, 0.6) is 0 Å². The standard InChI is InChI=1S/C27H19ClFN5O/c28-23-15-31-26(33-27(35)7-4-18-8-10-30-11-9-18)14-22(23)20-5-6-24-25(13-20)34(17-32-24)16-19-2-1-3-21(29)12-19/h1-15,17H,16H2,(H,31,33,35)/b7-4+. The first-order valence-electron chi connectivity index (χ1n) is 10.8. The van der Waals surface area contributed by atoms with E-state index in [1.165, 1.54) is 24.4 Å². The van der Waals surface area contributed by atoms with E-state index in [4.69, 9.17) is 11.6 Å². The number of amides is 1. The quantitative estimate of drug-likeness (QED) is 0.301. The lowest BCUT2D eigenvalue weighted by molar-refractivity contribution is -0.111. The van der Waals surface area contributed by atoms with Gasteiger partial charge in [-0.3, -0.25) is 9.78 Å². The van der Waals surface area contributed by atoms with Crippen LogP contribution in [0.3, 0.4) is 0 Å². The number of hydrogen-bond donors (Lipinski definition) is 1. The summed E-state index contributed by atoms with van der Waals surface area (Å²) in [4.78, 5) is 25.0. The van der Waals surface area contributed by atoms with Crippen LogP contribution in [0.25, 0.3) is 28.2 Å². The first kappa shape index (κ1) is 22.4. The number of nitrogens with one attached hydrogen (secondary N) is 1. The van der Waals surface area contributed by atoms with E-state index in [1.54, 1.807) is 49.1 Å². The molecule has 0 unspecified atom stereocenters. The molecule has 0 saturated heterocycles. The highest BCUT2D eigenvalue weighted by Gasteiger charge is 2.11. The van der Waals surface area contributed by atoms with Gasteiger partial charge in [-0.15, -0.1) is 0 Å². The zero-order valence-electron chi connectivity index (χ0n) is 18.4. The molecule has 8 heteroatoms. The minimum atomic E-state index is -0.314. The molecule has 0 fully saturated rings. The highest BCUT2D eigenvalue weighted by molar-refractivity contribution is 6.33. The fourth-order valence-electron chi connectivity index (χ4n) is 3.72. The number of nitrogens with zero attached hydrogens (tertiary/aromatic N) is 4. The van der Waals surface area contributed by atoms with Gasteiger partial charge in [0.15, 0.2) is 0 Å². The van der Waals surface area contributed by atoms with E-state index < -0.39 is 0 Å². The lowest BCUT2D eigenvalue weighted by Crippen LogP contribution is -2.09. The van der Waals surface area contributed by atoms with Gasteiger partial charge in [0.25, 0.3) is 0 Å². The Balaban J connectivity index is 1.40. The van der Waals surface area contributed by atoms with E-state index in [0.717, 1.165) is 33.3 Å². The maximum Gasteiger partial charge on any atom is 0.249 e. The number of anilines is 1. The number of benzene rings is 2. The molecule has 0 radical (unpaired) electrons. The second kappa shape index (κ2) is 9.87. The minimum Gasteiger partial charge on any atom is -0.326 e. The van der Waals surface area contributed by atoms with Crippen molar-refractivity contribution in [3.63, 3.8) is 0 Å². The SMILES string of the molecule is O=C(/C=C/c1ccncc1)Nc1cc(-c2ccc3ncn(Cc4cccc(F)c4)c3c2)c(Cl)cn1. The van der Waals surface area contributed by atoms with Gasteiger partial charge in [-0.25, -0.2) is 14.4 Å². The third kappa shape index (κ3) is 5.26. The van der Waals surface area contributed by atoms with Crippen LogP contribution in [0.1, 0.15) is 11.1 Å². The first-order valence-corrected chi connectivity index (χ1v) is 11.2. The second-order valence-corrected chi connectivity index (χ2v) is 8.27. The number of halogens is 2. The van der Waals surface area contributed by atoms with Crippen LogP contribution in [-0.4, -0.2) is 25.4 Å². The maximum absolute atomic E-state index is 13.6. The van der Waals surface area contributed by atoms with Gasteiger partial charge >= 0.3 is 0 Å². The Morgan fingerprint density at radius 3 is 2.74 bits per heavy atom. The lowest BCUT2D eigenvalue weighted by Gasteiger charge is -2.09. The van der Waals surface area contributed by atoms with Crippen LogP contribution < -0.4 is 5.32 Å². The fraction of sp³-hybridized carbons (Fsp3) is 0.0370. The number of rotatable bonds is 6. The summed E-state index contributed by atoms with van der Waals surface area (Å²) in [6.07, 6.45) is 9.68. The van der Waals surface area contributed by atoms with Gasteiger partial charge in [0.2, 0.25) is 5.91 Å².